The van der Waals surface area contributed by atoms with E-state index in [1.807, 2.05) is 0 Å². The number of benzene rings is 5. The summed E-state index contributed by atoms with van der Waals surface area (Å²) in [5.41, 5.74) is 1.39. The fourth-order valence-corrected chi connectivity index (χ4v) is 5.58. The van der Waals surface area contributed by atoms with Crippen LogP contribution in [0.15, 0.2) is 78.9 Å². The van der Waals surface area contributed by atoms with Crippen molar-refractivity contribution in [3.8, 4) is 0 Å². The van der Waals surface area contributed by atoms with Crippen molar-refractivity contribution in [2.24, 2.45) is 0 Å². The Morgan fingerprint density at radius 3 is 1.69 bits per heavy atom. The van der Waals surface area contributed by atoms with Gasteiger partial charge in [0.15, 0.2) is 0 Å². The van der Waals surface area contributed by atoms with E-state index in [1.165, 1.54) is 113 Å². The molecule has 0 unspecified atom stereocenters. The number of nitrogens with zero attached hydrogens (tertiary/aromatic N) is 1. The van der Waals surface area contributed by atoms with Crippen LogP contribution in [-0.4, -0.2) is 13.1 Å². The van der Waals surface area contributed by atoms with Crippen LogP contribution in [-0.2, 0) is 0 Å². The Hall–Kier alpha value is -3.06. The van der Waals surface area contributed by atoms with Gasteiger partial charge in [-0.3, -0.25) is 0 Å². The number of hydrogen-bond donors (Lipinski definition) is 0. The Morgan fingerprint density at radius 2 is 1.03 bits per heavy atom. The minimum atomic E-state index is 1.17. The first-order valence-electron chi connectivity index (χ1n) is 13.8. The molecule has 5 rings (SSSR count). The van der Waals surface area contributed by atoms with E-state index >= 15 is 0 Å². The molecule has 0 aromatic heterocycles. The highest BCUT2D eigenvalue weighted by molar-refractivity contribution is 6.19. The van der Waals surface area contributed by atoms with E-state index in [-0.39, 0.29) is 0 Å². The molecule has 1 nitrogen and oxygen atoms in total. The van der Waals surface area contributed by atoms with Crippen LogP contribution in [0.5, 0.6) is 0 Å². The van der Waals surface area contributed by atoms with Gasteiger partial charge in [0, 0.05) is 18.8 Å². The SMILES string of the molecule is CCCCCCN(CCCCCC)c1ccc2c(ccc3c4cc5ccccc5cc4ccc23)c1. The normalized spacial score (nSPS) is 11.7. The van der Waals surface area contributed by atoms with Crippen molar-refractivity contribution < 1.29 is 0 Å². The van der Waals surface area contributed by atoms with Crippen LogP contribution < -0.4 is 4.90 Å². The Balaban J connectivity index is 1.50. The third-order valence-electron chi connectivity index (χ3n) is 7.61. The molecule has 5 aromatic carbocycles. The first kappa shape index (κ1) is 23.7. The molecule has 5 aromatic rings. The van der Waals surface area contributed by atoms with Gasteiger partial charge in [0.1, 0.15) is 0 Å². The lowest BCUT2D eigenvalue weighted by molar-refractivity contribution is 0.609. The zero-order chi connectivity index (χ0) is 24.0. The van der Waals surface area contributed by atoms with Crippen LogP contribution in [0.25, 0.3) is 43.1 Å². The molecule has 35 heavy (non-hydrogen) atoms. The van der Waals surface area contributed by atoms with Gasteiger partial charge in [-0.2, -0.15) is 0 Å². The molecule has 0 aliphatic heterocycles. The first-order valence-corrected chi connectivity index (χ1v) is 13.8. The minimum absolute atomic E-state index is 1.17. The Bertz CT molecular complexity index is 1420. The summed E-state index contributed by atoms with van der Waals surface area (Å²) in [5, 5.41) is 10.7. The van der Waals surface area contributed by atoms with E-state index in [0.29, 0.717) is 0 Å². The molecule has 0 saturated heterocycles. The van der Waals surface area contributed by atoms with Crippen molar-refractivity contribution in [1.29, 1.82) is 0 Å². The van der Waals surface area contributed by atoms with E-state index in [9.17, 15) is 0 Å². The summed E-state index contributed by atoms with van der Waals surface area (Å²) in [6.45, 7) is 6.93. The summed E-state index contributed by atoms with van der Waals surface area (Å²) >= 11 is 0. The molecule has 0 heterocycles. The van der Waals surface area contributed by atoms with Crippen LogP contribution in [0.2, 0.25) is 0 Å². The molecule has 180 valence electrons. The third kappa shape index (κ3) is 5.15. The van der Waals surface area contributed by atoms with Gasteiger partial charge in [0.05, 0.1) is 0 Å². The number of rotatable bonds is 11. The van der Waals surface area contributed by atoms with Crippen LogP contribution in [0.4, 0.5) is 5.69 Å². The summed E-state index contributed by atoms with van der Waals surface area (Å²) in [7, 11) is 0. The zero-order valence-corrected chi connectivity index (χ0v) is 21.5. The predicted molar refractivity (Wildman–Crippen MR) is 157 cm³/mol. The third-order valence-corrected chi connectivity index (χ3v) is 7.61. The second-order valence-corrected chi connectivity index (χ2v) is 10.2. The molecule has 0 aliphatic carbocycles. The van der Waals surface area contributed by atoms with Gasteiger partial charge in [-0.25, -0.2) is 0 Å². The number of anilines is 1. The Labute approximate surface area is 210 Å². The molecular weight excluding hydrogens is 422 g/mol. The lowest BCUT2D eigenvalue weighted by Gasteiger charge is -2.25. The topological polar surface area (TPSA) is 3.24 Å². The van der Waals surface area contributed by atoms with E-state index in [4.69, 9.17) is 0 Å². The fraction of sp³-hybridized carbons (Fsp3) is 0.353. The smallest absolute Gasteiger partial charge is 0.0372 e. The van der Waals surface area contributed by atoms with E-state index in [0.717, 1.165) is 0 Å². The van der Waals surface area contributed by atoms with Crippen molar-refractivity contribution in [3.63, 3.8) is 0 Å². The van der Waals surface area contributed by atoms with Crippen molar-refractivity contribution in [2.75, 3.05) is 18.0 Å². The minimum Gasteiger partial charge on any atom is -0.372 e. The predicted octanol–water partition coefficient (Wildman–Crippen LogP) is 10.3. The second kappa shape index (κ2) is 11.1. The zero-order valence-electron chi connectivity index (χ0n) is 21.5. The summed E-state index contributed by atoms with van der Waals surface area (Å²) in [6.07, 6.45) is 10.5. The molecular formula is C34H39N. The van der Waals surface area contributed by atoms with Crippen LogP contribution >= 0.6 is 0 Å². The maximum Gasteiger partial charge on any atom is 0.0372 e. The van der Waals surface area contributed by atoms with Gasteiger partial charge in [-0.1, -0.05) is 107 Å². The van der Waals surface area contributed by atoms with E-state index in [1.54, 1.807) is 0 Å². The average molecular weight is 462 g/mol. The largest absolute Gasteiger partial charge is 0.372 e. The number of unbranched alkanes of at least 4 members (excludes halogenated alkanes) is 6. The maximum absolute atomic E-state index is 2.64. The fourth-order valence-electron chi connectivity index (χ4n) is 5.58. The molecule has 0 bridgehead atoms. The molecule has 0 fully saturated rings. The van der Waals surface area contributed by atoms with Crippen LogP contribution in [0.1, 0.15) is 65.2 Å². The Morgan fingerprint density at radius 1 is 0.457 bits per heavy atom. The van der Waals surface area contributed by atoms with Gasteiger partial charge in [0.2, 0.25) is 0 Å². The molecule has 0 spiro atoms. The molecule has 0 amide bonds. The summed E-state index contributed by atoms with van der Waals surface area (Å²) in [6, 6.07) is 29.8. The van der Waals surface area contributed by atoms with Gasteiger partial charge < -0.3 is 4.90 Å². The summed E-state index contributed by atoms with van der Waals surface area (Å²) < 4.78 is 0. The van der Waals surface area contributed by atoms with Crippen LogP contribution in [0.3, 0.4) is 0 Å². The van der Waals surface area contributed by atoms with Crippen LogP contribution in [0, 0.1) is 0 Å². The monoisotopic (exact) mass is 461 g/mol. The standard InChI is InChI=1S/C34H39N/c1-3-5-7-11-21-35(22-12-8-6-4-2)30-17-20-31-29(24-30)16-19-33-32(31)18-15-28-23-26-13-9-10-14-27(26)25-34(28)33/h9-10,13-20,23-25H,3-8,11-12,21-22H2,1-2H3. The van der Waals surface area contributed by atoms with Crippen molar-refractivity contribution in [3.05, 3.63) is 78.9 Å². The quantitative estimate of drug-likeness (QED) is 0.107. The molecule has 0 atom stereocenters. The second-order valence-electron chi connectivity index (χ2n) is 10.2. The lowest BCUT2D eigenvalue weighted by atomic mass is 9.95. The first-order chi connectivity index (χ1) is 17.3. The highest BCUT2D eigenvalue weighted by Gasteiger charge is 2.10. The highest BCUT2D eigenvalue weighted by atomic mass is 15.1. The highest BCUT2D eigenvalue weighted by Crippen LogP contribution is 2.35. The van der Waals surface area contributed by atoms with Gasteiger partial charge >= 0.3 is 0 Å². The number of hydrogen-bond acceptors (Lipinski definition) is 1. The van der Waals surface area contributed by atoms with E-state index in [2.05, 4.69) is 97.6 Å². The lowest BCUT2D eigenvalue weighted by Crippen LogP contribution is -2.25. The van der Waals surface area contributed by atoms with E-state index < -0.39 is 0 Å². The van der Waals surface area contributed by atoms with Crippen molar-refractivity contribution >= 4 is 48.8 Å². The average Bonchev–Trinajstić information content (AvgIpc) is 2.90. The van der Waals surface area contributed by atoms with Gasteiger partial charge in [-0.05, 0) is 80.2 Å². The maximum atomic E-state index is 2.64. The van der Waals surface area contributed by atoms with Crippen molar-refractivity contribution in [2.45, 2.75) is 65.2 Å². The van der Waals surface area contributed by atoms with Crippen molar-refractivity contribution in [1.82, 2.24) is 0 Å². The number of fused-ring (bicyclic) bond motifs is 6. The van der Waals surface area contributed by atoms with Gasteiger partial charge in [0.25, 0.3) is 0 Å². The molecule has 1 heteroatoms. The molecule has 0 radical (unpaired) electrons. The summed E-state index contributed by atoms with van der Waals surface area (Å²) in [4.78, 5) is 2.64. The molecule has 0 aliphatic rings. The molecule has 0 N–H and O–H groups in total. The molecule has 0 saturated carbocycles. The Kier molecular flexibility index (Phi) is 7.52. The summed E-state index contributed by atoms with van der Waals surface area (Å²) in [5.74, 6) is 0. The van der Waals surface area contributed by atoms with Gasteiger partial charge in [-0.15, -0.1) is 0 Å².